The zero-order valence-electron chi connectivity index (χ0n) is 13.8. The third-order valence-corrected chi connectivity index (χ3v) is 5.55. The minimum atomic E-state index is -1.01. The number of nitrogens with zero attached hydrogens (tertiary/aromatic N) is 1. The Labute approximate surface area is 145 Å². The lowest BCUT2D eigenvalue weighted by molar-refractivity contribution is -0.151. The van der Waals surface area contributed by atoms with Gasteiger partial charge in [0.1, 0.15) is 11.2 Å². The van der Waals surface area contributed by atoms with Gasteiger partial charge in [-0.3, -0.25) is 9.59 Å². The lowest BCUT2D eigenvalue weighted by Gasteiger charge is -2.25. The molecule has 0 bridgehead atoms. The van der Waals surface area contributed by atoms with Crippen LogP contribution in [0.15, 0.2) is 29.2 Å². The first-order valence-electron chi connectivity index (χ1n) is 7.77. The second-order valence-electron chi connectivity index (χ2n) is 6.19. The summed E-state index contributed by atoms with van der Waals surface area (Å²) in [5.74, 6) is -0.946. The lowest BCUT2D eigenvalue weighted by Crippen LogP contribution is -2.41. The van der Waals surface area contributed by atoms with E-state index in [1.165, 1.54) is 31.0 Å². The van der Waals surface area contributed by atoms with Crippen molar-refractivity contribution in [3.63, 3.8) is 0 Å². The van der Waals surface area contributed by atoms with Gasteiger partial charge in [-0.15, -0.1) is 11.8 Å². The number of rotatable bonds is 7. The number of carboxylic acid groups (broad SMARTS) is 1. The standard InChI is InChI=1S/C17H22FNO4S/c1-12(9-24-14-5-3-13(18)4-6-14)15(20)19-8-7-17(10-19,11-23-2)16(21)22/h3-6,12H,7-11H2,1-2H3,(H,21,22). The Hall–Kier alpha value is -1.60. The number of hydrogen-bond acceptors (Lipinski definition) is 4. The van der Waals surface area contributed by atoms with E-state index in [0.29, 0.717) is 18.7 Å². The number of halogens is 1. The Kier molecular flexibility index (Phi) is 6.23. The van der Waals surface area contributed by atoms with Crippen molar-refractivity contribution in [2.45, 2.75) is 18.2 Å². The van der Waals surface area contributed by atoms with E-state index in [2.05, 4.69) is 0 Å². The van der Waals surface area contributed by atoms with E-state index < -0.39 is 11.4 Å². The number of carbonyl (C=O) groups excluding carboxylic acids is 1. The van der Waals surface area contributed by atoms with Crippen LogP contribution in [-0.4, -0.2) is 54.4 Å². The van der Waals surface area contributed by atoms with Crippen LogP contribution in [0.2, 0.25) is 0 Å². The molecule has 1 aliphatic rings. The quantitative estimate of drug-likeness (QED) is 0.761. The summed E-state index contributed by atoms with van der Waals surface area (Å²) in [7, 11) is 1.47. The fourth-order valence-electron chi connectivity index (χ4n) is 2.83. The van der Waals surface area contributed by atoms with Crippen LogP contribution in [0.25, 0.3) is 0 Å². The highest BCUT2D eigenvalue weighted by atomic mass is 32.2. The molecular formula is C17H22FNO4S. The average molecular weight is 355 g/mol. The highest BCUT2D eigenvalue weighted by molar-refractivity contribution is 7.99. The number of carboxylic acids is 1. The van der Waals surface area contributed by atoms with E-state index in [4.69, 9.17) is 4.74 Å². The van der Waals surface area contributed by atoms with Gasteiger partial charge in [-0.05, 0) is 30.7 Å². The zero-order chi connectivity index (χ0) is 17.7. The largest absolute Gasteiger partial charge is 0.481 e. The van der Waals surface area contributed by atoms with E-state index in [9.17, 15) is 19.1 Å². The molecule has 2 unspecified atom stereocenters. The fraction of sp³-hybridized carbons (Fsp3) is 0.529. The van der Waals surface area contributed by atoms with E-state index in [1.54, 1.807) is 17.0 Å². The van der Waals surface area contributed by atoms with Crippen LogP contribution in [0, 0.1) is 17.2 Å². The van der Waals surface area contributed by atoms with E-state index in [1.807, 2.05) is 6.92 Å². The molecule has 132 valence electrons. The molecular weight excluding hydrogens is 333 g/mol. The minimum absolute atomic E-state index is 0.0520. The molecule has 1 amide bonds. The number of methoxy groups -OCH3 is 1. The summed E-state index contributed by atoms with van der Waals surface area (Å²) in [6.07, 6.45) is 0.403. The van der Waals surface area contributed by atoms with Gasteiger partial charge in [0, 0.05) is 36.8 Å². The molecule has 0 aliphatic carbocycles. The predicted molar refractivity (Wildman–Crippen MR) is 89.4 cm³/mol. The Bertz CT molecular complexity index is 595. The Morgan fingerprint density at radius 3 is 2.67 bits per heavy atom. The minimum Gasteiger partial charge on any atom is -0.481 e. The van der Waals surface area contributed by atoms with Crippen molar-refractivity contribution in [3.8, 4) is 0 Å². The molecule has 24 heavy (non-hydrogen) atoms. The fourth-order valence-corrected chi connectivity index (χ4v) is 3.74. The van der Waals surface area contributed by atoms with Crippen molar-refractivity contribution < 1.29 is 23.8 Å². The summed E-state index contributed by atoms with van der Waals surface area (Å²) in [4.78, 5) is 26.6. The van der Waals surface area contributed by atoms with Gasteiger partial charge in [0.25, 0.3) is 0 Å². The highest BCUT2D eigenvalue weighted by Crippen LogP contribution is 2.32. The first-order chi connectivity index (χ1) is 11.4. The lowest BCUT2D eigenvalue weighted by atomic mass is 9.88. The maximum atomic E-state index is 12.9. The first-order valence-corrected chi connectivity index (χ1v) is 8.76. The SMILES string of the molecule is COCC1(C(=O)O)CCN(C(=O)C(C)CSc2ccc(F)cc2)C1. The highest BCUT2D eigenvalue weighted by Gasteiger charge is 2.46. The third kappa shape index (κ3) is 4.27. The van der Waals surface area contributed by atoms with Crippen LogP contribution in [0.4, 0.5) is 4.39 Å². The zero-order valence-corrected chi connectivity index (χ0v) is 14.6. The molecule has 2 atom stereocenters. The van der Waals surface area contributed by atoms with Gasteiger partial charge in [0.05, 0.1) is 6.61 Å². The summed E-state index contributed by atoms with van der Waals surface area (Å²) < 4.78 is 17.9. The number of likely N-dealkylation sites (tertiary alicyclic amines) is 1. The molecule has 2 rings (SSSR count). The molecule has 5 nitrogen and oxygen atoms in total. The summed E-state index contributed by atoms with van der Waals surface area (Å²) >= 11 is 1.49. The van der Waals surface area contributed by atoms with Gasteiger partial charge in [0.2, 0.25) is 5.91 Å². The van der Waals surface area contributed by atoms with Crippen molar-refractivity contribution in [1.29, 1.82) is 0 Å². The molecule has 1 aromatic carbocycles. The van der Waals surface area contributed by atoms with Gasteiger partial charge < -0.3 is 14.7 Å². The summed E-state index contributed by atoms with van der Waals surface area (Å²) in [6.45, 7) is 2.54. The molecule has 0 radical (unpaired) electrons. The van der Waals surface area contributed by atoms with Crippen LogP contribution in [0.1, 0.15) is 13.3 Å². The summed E-state index contributed by atoms with van der Waals surface area (Å²) in [5.41, 5.74) is -1.01. The summed E-state index contributed by atoms with van der Waals surface area (Å²) in [5, 5.41) is 9.45. The van der Waals surface area contributed by atoms with E-state index >= 15 is 0 Å². The molecule has 7 heteroatoms. The van der Waals surface area contributed by atoms with Gasteiger partial charge >= 0.3 is 5.97 Å². The molecule has 1 fully saturated rings. The molecule has 1 aliphatic heterocycles. The molecule has 1 N–H and O–H groups in total. The van der Waals surface area contributed by atoms with Crippen LogP contribution in [0.5, 0.6) is 0 Å². The Morgan fingerprint density at radius 1 is 1.42 bits per heavy atom. The van der Waals surface area contributed by atoms with Gasteiger partial charge in [-0.25, -0.2) is 4.39 Å². The van der Waals surface area contributed by atoms with Gasteiger partial charge in [-0.2, -0.15) is 0 Å². The molecule has 1 heterocycles. The number of ether oxygens (including phenoxy) is 1. The number of amides is 1. The Morgan fingerprint density at radius 2 is 2.08 bits per heavy atom. The van der Waals surface area contributed by atoms with E-state index in [-0.39, 0.29) is 30.8 Å². The monoisotopic (exact) mass is 355 g/mol. The predicted octanol–water partition coefficient (Wildman–Crippen LogP) is 2.50. The maximum Gasteiger partial charge on any atom is 0.313 e. The topological polar surface area (TPSA) is 66.8 Å². The molecule has 1 saturated heterocycles. The second-order valence-corrected chi connectivity index (χ2v) is 7.29. The van der Waals surface area contributed by atoms with Crippen molar-refractivity contribution in [2.24, 2.45) is 11.3 Å². The second kappa shape index (κ2) is 7.98. The van der Waals surface area contributed by atoms with Crippen LogP contribution >= 0.6 is 11.8 Å². The van der Waals surface area contributed by atoms with E-state index in [0.717, 1.165) is 4.90 Å². The summed E-state index contributed by atoms with van der Waals surface area (Å²) in [6, 6.07) is 6.14. The smallest absolute Gasteiger partial charge is 0.313 e. The van der Waals surface area contributed by atoms with Gasteiger partial charge in [0.15, 0.2) is 0 Å². The third-order valence-electron chi connectivity index (χ3n) is 4.27. The van der Waals surface area contributed by atoms with Gasteiger partial charge in [-0.1, -0.05) is 6.92 Å². The average Bonchev–Trinajstić information content (AvgIpc) is 2.99. The number of carbonyl (C=O) groups is 2. The van der Waals surface area contributed by atoms with Crippen LogP contribution in [-0.2, 0) is 14.3 Å². The normalized spacial score (nSPS) is 21.7. The van der Waals surface area contributed by atoms with Crippen LogP contribution < -0.4 is 0 Å². The number of hydrogen-bond donors (Lipinski definition) is 1. The molecule has 0 aromatic heterocycles. The van der Waals surface area contributed by atoms with Crippen molar-refractivity contribution in [1.82, 2.24) is 4.90 Å². The van der Waals surface area contributed by atoms with Crippen molar-refractivity contribution >= 4 is 23.6 Å². The van der Waals surface area contributed by atoms with Crippen molar-refractivity contribution in [2.75, 3.05) is 32.6 Å². The molecule has 0 saturated carbocycles. The van der Waals surface area contributed by atoms with Crippen LogP contribution in [0.3, 0.4) is 0 Å². The Balaban J connectivity index is 1.91. The molecule has 0 spiro atoms. The first kappa shape index (κ1) is 18.7. The number of aliphatic carboxylic acids is 1. The number of thioether (sulfide) groups is 1. The molecule has 1 aromatic rings. The maximum absolute atomic E-state index is 12.9. The van der Waals surface area contributed by atoms with Crippen molar-refractivity contribution in [3.05, 3.63) is 30.1 Å². The number of benzene rings is 1.